The molecule has 1 atom stereocenters. The highest BCUT2D eigenvalue weighted by atomic mass is 32.2. The van der Waals surface area contributed by atoms with Crippen molar-refractivity contribution in [3.8, 4) is 0 Å². The van der Waals surface area contributed by atoms with E-state index in [1.54, 1.807) is 6.92 Å². The number of alkyl halides is 3. The average Bonchev–Trinajstić information content (AvgIpc) is 3.58. The van der Waals surface area contributed by atoms with Crippen molar-refractivity contribution >= 4 is 21.9 Å². The summed E-state index contributed by atoms with van der Waals surface area (Å²) in [7, 11) is -3.93. The lowest BCUT2D eigenvalue weighted by atomic mass is 9.90. The maximum Gasteiger partial charge on any atom is 0.416 e. The topological polar surface area (TPSA) is 96.1 Å². The minimum atomic E-state index is -4.52. The molecule has 0 radical (unpaired) electrons. The molecule has 0 aromatic heterocycles. The smallest absolute Gasteiger partial charge is 0.369 e. The minimum Gasteiger partial charge on any atom is -0.369 e. The van der Waals surface area contributed by atoms with Crippen LogP contribution >= 0.6 is 0 Å². The van der Waals surface area contributed by atoms with E-state index in [0.717, 1.165) is 18.2 Å². The fraction of sp³-hybridized carbons (Fsp3) is 0.667. The van der Waals surface area contributed by atoms with E-state index >= 15 is 0 Å². The number of nitrogens with two attached hydrogens (primary N) is 1. The zero-order valence-electron chi connectivity index (χ0n) is 20.3. The number of carbonyl (C=O) groups excluding carboxylic acids is 1. The van der Waals surface area contributed by atoms with Crippen LogP contribution in [0.2, 0.25) is 0 Å². The number of carbonyl (C=O) groups is 1. The molecule has 1 unspecified atom stereocenters. The Morgan fingerprint density at radius 3 is 2.34 bits per heavy atom. The molecule has 0 spiro atoms. The normalized spacial score (nSPS) is 24.9. The number of guanidine groups is 1. The molecule has 4 rings (SSSR count). The second kappa shape index (κ2) is 9.06. The Kier molecular flexibility index (Phi) is 6.72. The van der Waals surface area contributed by atoms with Crippen LogP contribution in [0.5, 0.6) is 0 Å². The second-order valence-corrected chi connectivity index (χ2v) is 12.5. The van der Waals surface area contributed by atoms with Crippen LogP contribution in [0.1, 0.15) is 69.9 Å². The maximum atomic E-state index is 13.4. The van der Waals surface area contributed by atoms with Gasteiger partial charge >= 0.3 is 6.18 Å². The van der Waals surface area contributed by atoms with Gasteiger partial charge in [0.15, 0.2) is 5.96 Å². The predicted molar refractivity (Wildman–Crippen MR) is 126 cm³/mol. The first-order chi connectivity index (χ1) is 16.2. The van der Waals surface area contributed by atoms with E-state index in [-0.39, 0.29) is 53.2 Å². The van der Waals surface area contributed by atoms with Gasteiger partial charge in [0.05, 0.1) is 10.5 Å². The number of amides is 1. The van der Waals surface area contributed by atoms with Gasteiger partial charge < -0.3 is 5.73 Å². The number of rotatable bonds is 7. The van der Waals surface area contributed by atoms with Crippen molar-refractivity contribution in [2.24, 2.45) is 22.6 Å². The molecule has 1 saturated heterocycles. The molecule has 35 heavy (non-hydrogen) atoms. The SMILES string of the molecule is CC(C)CC1(C)N=C(N)N(CC2CCN(S(=O)(=O)c3ccc(C(F)(F)F)cc3C3CC3)CC2)C1=O. The van der Waals surface area contributed by atoms with Gasteiger partial charge in [-0.3, -0.25) is 9.69 Å². The first kappa shape index (κ1) is 25.9. The van der Waals surface area contributed by atoms with Gasteiger partial charge in [0.25, 0.3) is 5.91 Å². The van der Waals surface area contributed by atoms with Gasteiger partial charge in [0, 0.05) is 19.6 Å². The summed E-state index contributed by atoms with van der Waals surface area (Å²) in [6.45, 7) is 6.69. The van der Waals surface area contributed by atoms with E-state index in [9.17, 15) is 26.4 Å². The summed E-state index contributed by atoms with van der Waals surface area (Å²) in [4.78, 5) is 18.9. The van der Waals surface area contributed by atoms with Crippen molar-refractivity contribution in [1.29, 1.82) is 0 Å². The number of aliphatic imine (C=N–C) groups is 1. The van der Waals surface area contributed by atoms with Crippen LogP contribution in [-0.4, -0.2) is 54.7 Å². The first-order valence-electron chi connectivity index (χ1n) is 12.1. The van der Waals surface area contributed by atoms with Gasteiger partial charge in [-0.15, -0.1) is 0 Å². The maximum absolute atomic E-state index is 13.4. The summed E-state index contributed by atoms with van der Waals surface area (Å²) in [6.07, 6.45) is -1.50. The van der Waals surface area contributed by atoms with Crippen molar-refractivity contribution < 1.29 is 26.4 Å². The molecule has 2 heterocycles. The van der Waals surface area contributed by atoms with E-state index in [4.69, 9.17) is 5.73 Å². The van der Waals surface area contributed by atoms with Gasteiger partial charge in [-0.05, 0) is 80.5 Å². The number of piperidine rings is 1. The van der Waals surface area contributed by atoms with Crippen LogP contribution in [0.15, 0.2) is 28.1 Å². The molecule has 194 valence electrons. The van der Waals surface area contributed by atoms with Crippen LogP contribution in [0, 0.1) is 11.8 Å². The molecule has 1 aliphatic carbocycles. The summed E-state index contributed by atoms with van der Waals surface area (Å²) in [5, 5.41) is 0. The Balaban J connectivity index is 1.44. The summed E-state index contributed by atoms with van der Waals surface area (Å²) >= 11 is 0. The molecule has 3 aliphatic rings. The van der Waals surface area contributed by atoms with Crippen molar-refractivity contribution in [3.05, 3.63) is 29.3 Å². The number of hydrogen-bond donors (Lipinski definition) is 1. The van der Waals surface area contributed by atoms with E-state index in [1.165, 1.54) is 9.21 Å². The summed E-state index contributed by atoms with van der Waals surface area (Å²) in [5.74, 6) is 0.253. The fourth-order valence-corrected chi connectivity index (χ4v) is 7.00. The Morgan fingerprint density at radius 1 is 1.17 bits per heavy atom. The second-order valence-electron chi connectivity index (χ2n) is 10.6. The third-order valence-electron chi connectivity index (χ3n) is 7.14. The van der Waals surface area contributed by atoms with Gasteiger partial charge in [-0.2, -0.15) is 17.5 Å². The number of sulfonamides is 1. The van der Waals surface area contributed by atoms with Gasteiger partial charge in [-0.25, -0.2) is 13.4 Å². The molecule has 1 saturated carbocycles. The zero-order valence-corrected chi connectivity index (χ0v) is 21.1. The number of halogens is 3. The fourth-order valence-electron chi connectivity index (χ4n) is 5.26. The summed E-state index contributed by atoms with van der Waals surface area (Å²) < 4.78 is 67.7. The van der Waals surface area contributed by atoms with Crippen LogP contribution < -0.4 is 5.73 Å². The quantitative estimate of drug-likeness (QED) is 0.596. The molecular formula is C24H33F3N4O3S. The molecule has 11 heteroatoms. The average molecular weight is 515 g/mol. The van der Waals surface area contributed by atoms with Crippen molar-refractivity contribution in [2.75, 3.05) is 19.6 Å². The molecular weight excluding hydrogens is 481 g/mol. The third kappa shape index (κ3) is 5.21. The van der Waals surface area contributed by atoms with Crippen LogP contribution in [-0.2, 0) is 21.0 Å². The van der Waals surface area contributed by atoms with E-state index in [2.05, 4.69) is 4.99 Å². The number of hydrogen-bond acceptors (Lipinski definition) is 5. The highest BCUT2D eigenvalue weighted by molar-refractivity contribution is 7.89. The Bertz CT molecular complexity index is 1120. The first-order valence-corrected chi connectivity index (χ1v) is 13.5. The number of nitrogens with zero attached hydrogens (tertiary/aromatic N) is 3. The van der Waals surface area contributed by atoms with E-state index < -0.39 is 27.3 Å². The molecule has 2 aliphatic heterocycles. The standard InChI is InChI=1S/C24H33F3N4O3S/c1-15(2)13-23(3)21(32)31(22(28)29-23)14-16-8-10-30(11-9-16)35(33,34)20-7-6-18(24(25,26)27)12-19(20)17-4-5-17/h6-7,12,15-17H,4-5,8-11,13-14H2,1-3H3,(H2,28,29). The zero-order chi connectivity index (χ0) is 25.8. The largest absolute Gasteiger partial charge is 0.416 e. The highest BCUT2D eigenvalue weighted by Gasteiger charge is 2.45. The molecule has 2 N–H and O–H groups in total. The van der Waals surface area contributed by atoms with Crippen molar-refractivity contribution in [1.82, 2.24) is 9.21 Å². The predicted octanol–water partition coefficient (Wildman–Crippen LogP) is 3.95. The van der Waals surface area contributed by atoms with Crippen molar-refractivity contribution in [2.45, 2.75) is 75.4 Å². The lowest BCUT2D eigenvalue weighted by Crippen LogP contribution is -2.47. The van der Waals surface area contributed by atoms with Gasteiger partial charge in [0.1, 0.15) is 5.54 Å². The van der Waals surface area contributed by atoms with Crippen LogP contribution in [0.4, 0.5) is 13.2 Å². The summed E-state index contributed by atoms with van der Waals surface area (Å²) in [5.41, 5.74) is 4.64. The Labute approximate surface area is 204 Å². The monoisotopic (exact) mass is 514 g/mol. The highest BCUT2D eigenvalue weighted by Crippen LogP contribution is 2.45. The minimum absolute atomic E-state index is 0.0259. The Morgan fingerprint density at radius 2 is 1.80 bits per heavy atom. The van der Waals surface area contributed by atoms with Gasteiger partial charge in [-0.1, -0.05) is 13.8 Å². The molecule has 7 nitrogen and oxygen atoms in total. The van der Waals surface area contributed by atoms with Crippen molar-refractivity contribution in [3.63, 3.8) is 0 Å². The lowest BCUT2D eigenvalue weighted by molar-refractivity contribution is -0.137. The third-order valence-corrected chi connectivity index (χ3v) is 9.11. The van der Waals surface area contributed by atoms with E-state index in [1.807, 2.05) is 13.8 Å². The molecule has 2 fully saturated rings. The summed E-state index contributed by atoms with van der Waals surface area (Å²) in [6, 6.07) is 2.95. The van der Waals surface area contributed by atoms with Crippen LogP contribution in [0.25, 0.3) is 0 Å². The molecule has 0 bridgehead atoms. The number of benzene rings is 1. The van der Waals surface area contributed by atoms with Crippen LogP contribution in [0.3, 0.4) is 0 Å². The molecule has 1 aromatic carbocycles. The lowest BCUT2D eigenvalue weighted by Gasteiger charge is -2.34. The van der Waals surface area contributed by atoms with Gasteiger partial charge in [0.2, 0.25) is 10.0 Å². The molecule has 1 aromatic rings. The van der Waals surface area contributed by atoms with E-state index in [0.29, 0.717) is 38.6 Å². The Hall–Kier alpha value is -2.14. The molecule has 1 amide bonds.